The number of rotatable bonds is 8. The summed E-state index contributed by atoms with van der Waals surface area (Å²) in [6.07, 6.45) is 1.96. The van der Waals surface area contributed by atoms with E-state index in [1.807, 2.05) is 13.8 Å². The van der Waals surface area contributed by atoms with E-state index in [2.05, 4.69) is 32.6 Å². The van der Waals surface area contributed by atoms with Crippen molar-refractivity contribution in [1.82, 2.24) is 20.7 Å². The molecule has 1 aromatic rings. The Kier molecular flexibility index (Phi) is 11.1. The highest BCUT2D eigenvalue weighted by molar-refractivity contribution is 14.0. The highest BCUT2D eigenvalue weighted by Crippen LogP contribution is 2.11. The fourth-order valence-electron chi connectivity index (χ4n) is 2.82. The van der Waals surface area contributed by atoms with Crippen molar-refractivity contribution in [3.63, 3.8) is 0 Å². The van der Waals surface area contributed by atoms with Gasteiger partial charge in [0.2, 0.25) is 0 Å². The van der Waals surface area contributed by atoms with Crippen LogP contribution in [0.3, 0.4) is 0 Å². The molecule has 8 heteroatoms. The summed E-state index contributed by atoms with van der Waals surface area (Å²) < 4.78 is 10.6. The molecule has 2 rings (SSSR count). The Hall–Kier alpha value is -0.870. The van der Waals surface area contributed by atoms with E-state index in [1.54, 1.807) is 0 Å². The summed E-state index contributed by atoms with van der Waals surface area (Å²) in [5.41, 5.74) is 2.16. The summed E-state index contributed by atoms with van der Waals surface area (Å²) >= 11 is 0. The van der Waals surface area contributed by atoms with Crippen LogP contribution in [-0.4, -0.2) is 68.5 Å². The fourth-order valence-corrected chi connectivity index (χ4v) is 2.82. The number of hydrogen-bond donors (Lipinski definition) is 2. The minimum Gasteiger partial charge on any atom is -0.379 e. The summed E-state index contributed by atoms with van der Waals surface area (Å²) in [5, 5.41) is 10.7. The third kappa shape index (κ3) is 7.91. The molecule has 0 aromatic carbocycles. The number of aryl methyl sites for hydroxylation is 2. The van der Waals surface area contributed by atoms with E-state index in [1.165, 1.54) is 5.56 Å². The van der Waals surface area contributed by atoms with Gasteiger partial charge in [0, 0.05) is 44.8 Å². The molecule has 0 spiro atoms. The Balaban J connectivity index is 0.00000312. The topological polar surface area (TPSA) is 74.9 Å². The molecule has 2 N–H and O–H groups in total. The Morgan fingerprint density at radius 1 is 1.24 bits per heavy atom. The second-order valence-electron chi connectivity index (χ2n) is 6.05. The van der Waals surface area contributed by atoms with Gasteiger partial charge in [-0.3, -0.25) is 9.89 Å². The van der Waals surface area contributed by atoms with Crippen molar-refractivity contribution in [2.75, 3.05) is 52.5 Å². The van der Waals surface area contributed by atoms with Crippen LogP contribution in [0.5, 0.6) is 0 Å². The van der Waals surface area contributed by atoms with E-state index in [0.29, 0.717) is 0 Å². The molecule has 1 aromatic heterocycles. The van der Waals surface area contributed by atoms with Crippen LogP contribution in [0.2, 0.25) is 0 Å². The SMILES string of the molecule is CCNC(=NCCCN1CCOCC1)NCCc1c(C)noc1C.I. The van der Waals surface area contributed by atoms with E-state index in [0.717, 1.165) is 82.7 Å². The maximum Gasteiger partial charge on any atom is 0.191 e. The van der Waals surface area contributed by atoms with Crippen molar-refractivity contribution in [3.05, 3.63) is 17.0 Å². The summed E-state index contributed by atoms with van der Waals surface area (Å²) in [4.78, 5) is 7.10. The number of halogens is 1. The lowest BCUT2D eigenvalue weighted by molar-refractivity contribution is 0.0377. The standard InChI is InChI=1S/C17H31N5O2.HI/c1-4-18-17(19-7-5-9-22-10-12-23-13-11-22)20-8-6-16-14(2)21-24-15(16)3;/h4-13H2,1-3H3,(H2,18,19,20);1H. The molecule has 0 bridgehead atoms. The number of nitrogens with zero attached hydrogens (tertiary/aromatic N) is 3. The van der Waals surface area contributed by atoms with Crippen molar-refractivity contribution in [2.45, 2.75) is 33.6 Å². The molecule has 0 radical (unpaired) electrons. The molecule has 0 aliphatic carbocycles. The lowest BCUT2D eigenvalue weighted by atomic mass is 10.1. The summed E-state index contributed by atoms with van der Waals surface area (Å²) in [6.45, 7) is 13.4. The van der Waals surface area contributed by atoms with Gasteiger partial charge in [0.1, 0.15) is 5.76 Å². The van der Waals surface area contributed by atoms with Gasteiger partial charge in [-0.2, -0.15) is 0 Å². The highest BCUT2D eigenvalue weighted by Gasteiger charge is 2.10. The van der Waals surface area contributed by atoms with E-state index in [4.69, 9.17) is 9.26 Å². The number of guanidine groups is 1. The van der Waals surface area contributed by atoms with Gasteiger partial charge in [0.25, 0.3) is 0 Å². The van der Waals surface area contributed by atoms with Gasteiger partial charge < -0.3 is 19.9 Å². The van der Waals surface area contributed by atoms with Crippen LogP contribution in [0.1, 0.15) is 30.4 Å². The largest absolute Gasteiger partial charge is 0.379 e. The van der Waals surface area contributed by atoms with Gasteiger partial charge in [-0.25, -0.2) is 0 Å². The van der Waals surface area contributed by atoms with Crippen molar-refractivity contribution < 1.29 is 9.26 Å². The Morgan fingerprint density at radius 2 is 2.00 bits per heavy atom. The molecule has 1 aliphatic rings. The highest BCUT2D eigenvalue weighted by atomic mass is 127. The summed E-state index contributed by atoms with van der Waals surface area (Å²) in [7, 11) is 0. The average Bonchev–Trinajstić information content (AvgIpc) is 2.91. The van der Waals surface area contributed by atoms with E-state index in [9.17, 15) is 0 Å². The lowest BCUT2D eigenvalue weighted by Gasteiger charge is -2.26. The number of hydrogen-bond acceptors (Lipinski definition) is 5. The van der Waals surface area contributed by atoms with E-state index < -0.39 is 0 Å². The molecule has 0 atom stereocenters. The van der Waals surface area contributed by atoms with Crippen molar-refractivity contribution in [1.29, 1.82) is 0 Å². The zero-order valence-corrected chi connectivity index (χ0v) is 18.0. The fraction of sp³-hybridized carbons (Fsp3) is 0.765. The molecule has 0 saturated carbocycles. The zero-order valence-electron chi connectivity index (χ0n) is 15.6. The minimum absolute atomic E-state index is 0. The van der Waals surface area contributed by atoms with Crippen LogP contribution in [-0.2, 0) is 11.2 Å². The van der Waals surface area contributed by atoms with Gasteiger partial charge in [0.05, 0.1) is 18.9 Å². The van der Waals surface area contributed by atoms with Crippen LogP contribution >= 0.6 is 24.0 Å². The molecule has 1 aliphatic heterocycles. The molecule has 1 saturated heterocycles. The average molecular weight is 465 g/mol. The summed E-state index contributed by atoms with van der Waals surface area (Å²) in [5.74, 6) is 1.79. The van der Waals surface area contributed by atoms with Gasteiger partial charge in [-0.15, -0.1) is 24.0 Å². The van der Waals surface area contributed by atoms with Crippen molar-refractivity contribution in [2.24, 2.45) is 4.99 Å². The number of morpholine rings is 1. The molecule has 1 fully saturated rings. The summed E-state index contributed by atoms with van der Waals surface area (Å²) in [6, 6.07) is 0. The van der Waals surface area contributed by atoms with Gasteiger partial charge in [-0.1, -0.05) is 5.16 Å². The lowest BCUT2D eigenvalue weighted by Crippen LogP contribution is -2.39. The first-order valence-electron chi connectivity index (χ1n) is 8.94. The van der Waals surface area contributed by atoms with Gasteiger partial charge in [-0.05, 0) is 33.6 Å². The first-order chi connectivity index (χ1) is 11.7. The monoisotopic (exact) mass is 465 g/mol. The van der Waals surface area contributed by atoms with Crippen LogP contribution in [0.15, 0.2) is 9.52 Å². The maximum absolute atomic E-state index is 5.37. The first kappa shape index (κ1) is 22.2. The quantitative estimate of drug-likeness (QED) is 0.264. The zero-order chi connectivity index (χ0) is 17.2. The third-order valence-electron chi connectivity index (χ3n) is 4.20. The second kappa shape index (κ2) is 12.5. The van der Waals surface area contributed by atoms with Crippen LogP contribution in [0.25, 0.3) is 0 Å². The third-order valence-corrected chi connectivity index (χ3v) is 4.20. The van der Waals surface area contributed by atoms with Gasteiger partial charge >= 0.3 is 0 Å². The van der Waals surface area contributed by atoms with Crippen molar-refractivity contribution in [3.8, 4) is 0 Å². The first-order valence-corrected chi connectivity index (χ1v) is 8.94. The predicted octanol–water partition coefficient (Wildman–Crippen LogP) is 1.73. The van der Waals surface area contributed by atoms with E-state index in [-0.39, 0.29) is 24.0 Å². The molecule has 2 heterocycles. The molecular formula is C17H32IN5O2. The molecular weight excluding hydrogens is 433 g/mol. The second-order valence-corrected chi connectivity index (χ2v) is 6.05. The predicted molar refractivity (Wildman–Crippen MR) is 111 cm³/mol. The van der Waals surface area contributed by atoms with Crippen LogP contribution in [0, 0.1) is 13.8 Å². The van der Waals surface area contributed by atoms with E-state index >= 15 is 0 Å². The van der Waals surface area contributed by atoms with Crippen molar-refractivity contribution >= 4 is 29.9 Å². The number of aromatic nitrogens is 1. The number of ether oxygens (including phenoxy) is 1. The molecule has 7 nitrogen and oxygen atoms in total. The van der Waals surface area contributed by atoms with Crippen LogP contribution < -0.4 is 10.6 Å². The maximum atomic E-state index is 5.37. The minimum atomic E-state index is 0. The Morgan fingerprint density at radius 3 is 2.64 bits per heavy atom. The smallest absolute Gasteiger partial charge is 0.191 e. The molecule has 0 amide bonds. The van der Waals surface area contributed by atoms with Gasteiger partial charge in [0.15, 0.2) is 5.96 Å². The molecule has 0 unspecified atom stereocenters. The molecule has 25 heavy (non-hydrogen) atoms. The molecule has 144 valence electrons. The number of nitrogens with one attached hydrogen (secondary N) is 2. The van der Waals surface area contributed by atoms with Crippen LogP contribution in [0.4, 0.5) is 0 Å². The number of aliphatic imine (C=N–C) groups is 1. The normalized spacial score (nSPS) is 15.7. The Labute approximate surface area is 168 Å². The Bertz CT molecular complexity index is 496.